The van der Waals surface area contributed by atoms with Crippen molar-refractivity contribution in [1.29, 1.82) is 10.7 Å². The minimum absolute atomic E-state index is 0.243. The van der Waals surface area contributed by atoms with Crippen LogP contribution in [-0.2, 0) is 24.3 Å². The number of nitrogens with one attached hydrogen (secondary N) is 1. The molecule has 55 heavy (non-hydrogen) atoms. The van der Waals surface area contributed by atoms with Gasteiger partial charge in [0.1, 0.15) is 34.0 Å². The minimum Gasteiger partial charge on any atom is -0.481 e. The van der Waals surface area contributed by atoms with Crippen molar-refractivity contribution in [1.82, 2.24) is 19.4 Å². The number of benzene rings is 2. The molecule has 2 aliphatic heterocycles. The molecular weight excluding hydrogens is 720 g/mol. The Morgan fingerprint density at radius 1 is 1.05 bits per heavy atom. The fraction of sp³-hybridized carbons (Fsp3) is 0.381. The Balaban J connectivity index is 1.05. The highest BCUT2D eigenvalue weighted by Crippen LogP contribution is 2.44. The number of carbonyl (C=O) groups is 1. The SMILES string of the molecule is COc1nc(O[C@H]2CCc3c(-c4cccc(-c5cc6c(=N)n(CCN7CC[C@@H](C(=O)O)C7)cc(C#N)c6o5)c4C)cccc32)c(Cl)cc1CN1CC[C@@H](O)C1. The number of hydrogen-bond acceptors (Lipinski definition) is 10. The van der Waals surface area contributed by atoms with Crippen LogP contribution in [0, 0.1) is 29.6 Å². The summed E-state index contributed by atoms with van der Waals surface area (Å²) in [5.41, 5.74) is 8.11. The van der Waals surface area contributed by atoms with Gasteiger partial charge in [0.05, 0.1) is 24.5 Å². The number of furan rings is 1. The molecule has 3 aromatic heterocycles. The second-order valence-corrected chi connectivity index (χ2v) is 15.2. The first-order chi connectivity index (χ1) is 26.6. The van der Waals surface area contributed by atoms with Crippen molar-refractivity contribution < 1.29 is 28.9 Å². The number of methoxy groups -OCH3 is 1. The van der Waals surface area contributed by atoms with Gasteiger partial charge in [-0.1, -0.05) is 48.0 Å². The van der Waals surface area contributed by atoms with Crippen molar-refractivity contribution in [2.45, 2.75) is 57.9 Å². The summed E-state index contributed by atoms with van der Waals surface area (Å²) in [6.07, 6.45) is 4.00. The number of pyridine rings is 2. The number of aliphatic hydroxyl groups is 1. The molecule has 2 saturated heterocycles. The molecule has 5 heterocycles. The molecule has 1 aliphatic carbocycles. The fourth-order valence-electron chi connectivity index (χ4n) is 8.46. The maximum absolute atomic E-state index is 11.4. The third kappa shape index (κ3) is 7.09. The van der Waals surface area contributed by atoms with E-state index < -0.39 is 5.97 Å². The summed E-state index contributed by atoms with van der Waals surface area (Å²) in [6.45, 7) is 6.28. The number of halogens is 1. The van der Waals surface area contributed by atoms with Crippen LogP contribution in [0.25, 0.3) is 33.4 Å². The molecule has 12 nitrogen and oxygen atoms in total. The van der Waals surface area contributed by atoms with Crippen LogP contribution in [0.1, 0.15) is 53.2 Å². The van der Waals surface area contributed by atoms with E-state index in [1.54, 1.807) is 17.9 Å². The molecule has 2 aromatic carbocycles. The highest BCUT2D eigenvalue weighted by atomic mass is 35.5. The Morgan fingerprint density at radius 2 is 1.84 bits per heavy atom. The molecule has 0 bridgehead atoms. The number of aliphatic hydroxyl groups excluding tert-OH is 1. The zero-order valence-corrected chi connectivity index (χ0v) is 31.6. The number of β-amino-alcohol motifs (C(OH)–C–C–N with tert-alkyl or cyclic N) is 1. The molecule has 0 radical (unpaired) electrons. The molecule has 0 saturated carbocycles. The number of nitrogens with zero attached hydrogens (tertiary/aromatic N) is 5. The van der Waals surface area contributed by atoms with Crippen LogP contribution >= 0.6 is 11.6 Å². The molecule has 13 heteroatoms. The van der Waals surface area contributed by atoms with Crippen molar-refractivity contribution in [3.05, 3.63) is 93.1 Å². The van der Waals surface area contributed by atoms with E-state index in [0.29, 0.717) is 84.8 Å². The van der Waals surface area contributed by atoms with Gasteiger partial charge in [0.25, 0.3) is 0 Å². The fourth-order valence-corrected chi connectivity index (χ4v) is 8.68. The lowest BCUT2D eigenvalue weighted by Gasteiger charge is -2.20. The summed E-state index contributed by atoms with van der Waals surface area (Å²) < 4.78 is 20.3. The molecule has 0 unspecified atom stereocenters. The zero-order valence-electron chi connectivity index (χ0n) is 30.8. The Labute approximate surface area is 323 Å². The highest BCUT2D eigenvalue weighted by molar-refractivity contribution is 6.31. The van der Waals surface area contributed by atoms with Gasteiger partial charge in [-0.3, -0.25) is 15.1 Å². The summed E-state index contributed by atoms with van der Waals surface area (Å²) >= 11 is 6.75. The van der Waals surface area contributed by atoms with E-state index in [1.165, 1.54) is 5.56 Å². The lowest BCUT2D eigenvalue weighted by molar-refractivity contribution is -0.141. The topological polar surface area (TPSA) is 161 Å². The second-order valence-electron chi connectivity index (χ2n) is 14.8. The number of aliphatic carboxylic acids is 1. The third-order valence-corrected chi connectivity index (χ3v) is 11.7. The van der Waals surface area contributed by atoms with Crippen LogP contribution in [0.5, 0.6) is 11.8 Å². The molecule has 5 aromatic rings. The van der Waals surface area contributed by atoms with Crippen LogP contribution in [-0.4, -0.2) is 81.5 Å². The lowest BCUT2D eigenvalue weighted by Crippen LogP contribution is -2.30. The van der Waals surface area contributed by atoms with Gasteiger partial charge in [-0.05, 0) is 79.1 Å². The van der Waals surface area contributed by atoms with Crippen LogP contribution in [0.15, 0.2) is 59.1 Å². The van der Waals surface area contributed by atoms with Crippen LogP contribution < -0.4 is 15.0 Å². The van der Waals surface area contributed by atoms with E-state index >= 15 is 0 Å². The summed E-state index contributed by atoms with van der Waals surface area (Å²) in [6, 6.07) is 18.3. The first-order valence-electron chi connectivity index (χ1n) is 18.7. The summed E-state index contributed by atoms with van der Waals surface area (Å²) in [7, 11) is 1.59. The van der Waals surface area contributed by atoms with Crippen molar-refractivity contribution in [2.24, 2.45) is 5.92 Å². The Morgan fingerprint density at radius 3 is 2.58 bits per heavy atom. The van der Waals surface area contributed by atoms with E-state index in [0.717, 1.165) is 59.2 Å². The van der Waals surface area contributed by atoms with Crippen molar-refractivity contribution >= 4 is 28.5 Å². The van der Waals surface area contributed by atoms with Crippen LogP contribution in [0.4, 0.5) is 0 Å². The number of hydrogen-bond donors (Lipinski definition) is 3. The standard InChI is InChI=1S/C42H43ClN6O6/c1-24-29(5-3-6-30(24)37-18-34-38(54-37)27(19-44)22-49(39(34)45)16-15-47-13-11-25(20-47)42(51)52)31-7-4-8-33-32(31)9-10-36(33)55-41-35(43)17-26(40(46-41)53-2)21-48-14-12-28(50)23-48/h3-8,17-18,22,25,28,36,45,50H,9-16,20-21,23H2,1-2H3,(H,51,52)/t25-,28-,36+/m1/s1. The minimum atomic E-state index is -0.775. The molecule has 284 valence electrons. The largest absolute Gasteiger partial charge is 0.481 e. The van der Waals surface area contributed by atoms with Gasteiger partial charge in [0.15, 0.2) is 5.58 Å². The van der Waals surface area contributed by atoms with Crippen LogP contribution in [0.3, 0.4) is 0 Å². The maximum atomic E-state index is 11.4. The Hall–Kier alpha value is -5.19. The summed E-state index contributed by atoms with van der Waals surface area (Å²) in [5.74, 6) is 0.213. The number of ether oxygens (including phenoxy) is 2. The first-order valence-corrected chi connectivity index (χ1v) is 19.1. The molecule has 3 atom stereocenters. The number of likely N-dealkylation sites (tertiary alicyclic amines) is 2. The number of carboxylic acids is 1. The van der Waals surface area contributed by atoms with Gasteiger partial charge in [0, 0.05) is 56.6 Å². The molecule has 3 N–H and O–H groups in total. The smallest absolute Gasteiger partial charge is 0.307 e. The molecular formula is C42H43ClN6O6. The van der Waals surface area contributed by atoms with E-state index in [4.69, 9.17) is 30.9 Å². The quantitative estimate of drug-likeness (QED) is 0.139. The monoisotopic (exact) mass is 762 g/mol. The summed E-state index contributed by atoms with van der Waals surface area (Å²) in [4.78, 5) is 20.4. The van der Waals surface area contributed by atoms with Crippen LogP contribution in [0.2, 0.25) is 5.02 Å². The van der Waals surface area contributed by atoms with Gasteiger partial charge in [0.2, 0.25) is 11.8 Å². The predicted molar refractivity (Wildman–Crippen MR) is 206 cm³/mol. The Bertz CT molecular complexity index is 2400. The van der Waals surface area contributed by atoms with Gasteiger partial charge < -0.3 is 33.6 Å². The van der Waals surface area contributed by atoms with Gasteiger partial charge in [-0.15, -0.1) is 0 Å². The molecule has 0 spiro atoms. The molecule has 3 aliphatic rings. The van der Waals surface area contributed by atoms with Gasteiger partial charge in [-0.25, -0.2) is 0 Å². The number of aromatic nitrogens is 2. The van der Waals surface area contributed by atoms with E-state index in [1.807, 2.05) is 30.3 Å². The van der Waals surface area contributed by atoms with E-state index in [-0.39, 0.29) is 23.6 Å². The predicted octanol–water partition coefficient (Wildman–Crippen LogP) is 6.32. The number of rotatable bonds is 11. The average molecular weight is 763 g/mol. The maximum Gasteiger partial charge on any atom is 0.307 e. The lowest BCUT2D eigenvalue weighted by atomic mass is 9.91. The van der Waals surface area contributed by atoms with Crippen molar-refractivity contribution in [3.63, 3.8) is 0 Å². The normalized spacial score (nSPS) is 19.9. The average Bonchev–Trinajstić information content (AvgIpc) is 4.00. The third-order valence-electron chi connectivity index (χ3n) is 11.4. The first kappa shape index (κ1) is 36.8. The van der Waals surface area contributed by atoms with Crippen molar-refractivity contribution in [2.75, 3.05) is 39.8 Å². The number of carboxylic acid groups (broad SMARTS) is 1. The number of fused-ring (bicyclic) bond motifs is 2. The molecule has 8 rings (SSSR count). The highest BCUT2D eigenvalue weighted by Gasteiger charge is 2.30. The van der Waals surface area contributed by atoms with E-state index in [9.17, 15) is 20.3 Å². The van der Waals surface area contributed by atoms with Gasteiger partial charge >= 0.3 is 5.97 Å². The number of nitriles is 1. The van der Waals surface area contributed by atoms with E-state index in [2.05, 4.69) is 46.0 Å². The molecule has 2 fully saturated rings. The van der Waals surface area contributed by atoms with Crippen molar-refractivity contribution in [3.8, 4) is 40.3 Å². The summed E-state index contributed by atoms with van der Waals surface area (Å²) in [5, 5.41) is 39.4. The Kier molecular flexibility index (Phi) is 10.1. The second kappa shape index (κ2) is 15.2. The van der Waals surface area contributed by atoms with Gasteiger partial charge in [-0.2, -0.15) is 10.2 Å². The molecule has 0 amide bonds. The zero-order chi connectivity index (χ0) is 38.4.